The van der Waals surface area contributed by atoms with Crippen molar-refractivity contribution in [3.05, 3.63) is 17.0 Å². The highest BCUT2D eigenvalue weighted by Gasteiger charge is 2.61. The minimum atomic E-state index is -4.73. The maximum Gasteiger partial charge on any atom is 0.435 e. The fraction of sp³-hybridized carbons (Fsp3) is 0.500. The molecule has 1 heterocycles. The zero-order valence-electron chi connectivity index (χ0n) is 8.44. The van der Waals surface area contributed by atoms with Gasteiger partial charge in [0.1, 0.15) is 11.6 Å². The van der Waals surface area contributed by atoms with Crippen molar-refractivity contribution >= 4 is 0 Å². The number of aryl methyl sites for hydroxylation is 1. The molecule has 0 fully saturated rings. The minimum Gasteiger partial charge on any atom is -0.266 e. The number of hydrogen-bond acceptors (Lipinski definition) is 1. The molecule has 2 aliphatic carbocycles. The lowest BCUT2D eigenvalue weighted by Crippen LogP contribution is -2.28. The van der Waals surface area contributed by atoms with E-state index in [9.17, 15) is 22.0 Å². The Kier molecular flexibility index (Phi) is 1.64. The van der Waals surface area contributed by atoms with Crippen LogP contribution in [0.5, 0.6) is 0 Å². The van der Waals surface area contributed by atoms with Crippen LogP contribution in [-0.4, -0.2) is 9.78 Å². The molecule has 3 rings (SSSR count). The van der Waals surface area contributed by atoms with Crippen molar-refractivity contribution in [2.75, 3.05) is 0 Å². The molecule has 2 aliphatic rings. The van der Waals surface area contributed by atoms with E-state index in [4.69, 9.17) is 0 Å². The predicted octanol–water partition coefficient (Wildman–Crippen LogP) is 2.26. The second kappa shape index (κ2) is 2.63. The van der Waals surface area contributed by atoms with Crippen LogP contribution < -0.4 is 0 Å². The van der Waals surface area contributed by atoms with E-state index in [1.165, 1.54) is 0 Å². The molecule has 0 N–H and O–H groups in total. The van der Waals surface area contributed by atoms with Crippen molar-refractivity contribution in [2.45, 2.75) is 18.0 Å². The minimum absolute atomic E-state index is 0.450. The molecule has 0 saturated carbocycles. The summed E-state index contributed by atoms with van der Waals surface area (Å²) >= 11 is 0. The molecule has 1 aromatic rings. The van der Waals surface area contributed by atoms with Crippen molar-refractivity contribution in [2.24, 2.45) is 13.0 Å². The number of aromatic nitrogens is 2. The second-order valence-corrected chi connectivity index (χ2v) is 4.10. The summed E-state index contributed by atoms with van der Waals surface area (Å²) in [6.07, 6.45) is -4.73. The lowest BCUT2D eigenvalue weighted by Gasteiger charge is -2.23. The first-order chi connectivity index (χ1) is 7.74. The van der Waals surface area contributed by atoms with Gasteiger partial charge >= 0.3 is 12.1 Å². The first-order valence-electron chi connectivity index (χ1n) is 4.78. The molecule has 7 heteroatoms. The molecule has 0 aromatic carbocycles. The molecule has 0 radical (unpaired) electrons. The first-order valence-corrected chi connectivity index (χ1v) is 4.78. The zero-order chi connectivity index (χ0) is 12.6. The van der Waals surface area contributed by atoms with Crippen molar-refractivity contribution < 1.29 is 22.0 Å². The van der Waals surface area contributed by atoms with Crippen LogP contribution in [0.2, 0.25) is 0 Å². The van der Waals surface area contributed by atoms with E-state index in [0.717, 1.165) is 7.05 Å². The van der Waals surface area contributed by atoms with Crippen molar-refractivity contribution in [3.63, 3.8) is 0 Å². The Hall–Kier alpha value is -1.58. The van der Waals surface area contributed by atoms with Crippen molar-refractivity contribution in [1.82, 2.24) is 9.78 Å². The van der Waals surface area contributed by atoms with Gasteiger partial charge < -0.3 is 0 Å². The van der Waals surface area contributed by atoms with Gasteiger partial charge in [0.15, 0.2) is 5.69 Å². The zero-order valence-corrected chi connectivity index (χ0v) is 8.44. The number of rotatable bonds is 0. The average Bonchev–Trinajstić information content (AvgIpc) is 2.45. The van der Waals surface area contributed by atoms with Crippen LogP contribution in [0.4, 0.5) is 22.0 Å². The van der Waals surface area contributed by atoms with Crippen LogP contribution in [0.15, 0.2) is 0 Å². The molecule has 0 aliphatic heterocycles. The van der Waals surface area contributed by atoms with Gasteiger partial charge in [0.2, 0.25) is 0 Å². The van der Waals surface area contributed by atoms with Gasteiger partial charge in [0.05, 0.1) is 5.92 Å². The third-order valence-corrected chi connectivity index (χ3v) is 3.10. The topological polar surface area (TPSA) is 17.8 Å². The van der Waals surface area contributed by atoms with Gasteiger partial charge in [-0.1, -0.05) is 11.8 Å². The van der Waals surface area contributed by atoms with Crippen LogP contribution in [0, 0.1) is 17.8 Å². The number of halogens is 5. The van der Waals surface area contributed by atoms with E-state index in [1.807, 2.05) is 0 Å². The summed E-state index contributed by atoms with van der Waals surface area (Å²) in [6, 6.07) is 0. The fourth-order valence-corrected chi connectivity index (χ4v) is 2.38. The van der Waals surface area contributed by atoms with Gasteiger partial charge in [-0.2, -0.15) is 27.1 Å². The fourth-order valence-electron chi connectivity index (χ4n) is 2.38. The molecule has 0 unspecified atom stereocenters. The summed E-state index contributed by atoms with van der Waals surface area (Å²) in [4.78, 5) is 0. The molecule has 2 atom stereocenters. The highest BCUT2D eigenvalue weighted by atomic mass is 19.4. The lowest BCUT2D eigenvalue weighted by atomic mass is 9.84. The molecule has 0 bridgehead atoms. The van der Waals surface area contributed by atoms with Gasteiger partial charge in [0.25, 0.3) is 0 Å². The predicted molar refractivity (Wildman–Crippen MR) is 46.1 cm³/mol. The highest BCUT2D eigenvalue weighted by Crippen LogP contribution is 2.57. The van der Waals surface area contributed by atoms with Gasteiger partial charge in [-0.05, 0) is 0 Å². The summed E-state index contributed by atoms with van der Waals surface area (Å²) in [7, 11) is 1.09. The molecule has 17 heavy (non-hydrogen) atoms. The molecule has 0 amide bonds. The maximum atomic E-state index is 13.8. The third kappa shape index (κ3) is 1.08. The normalized spacial score (nSPS) is 27.9. The largest absolute Gasteiger partial charge is 0.435 e. The van der Waals surface area contributed by atoms with Crippen LogP contribution in [0.3, 0.4) is 0 Å². The SMILES string of the molecule is Cn1nc(C(F)(F)F)c2c1C(F)(F)[C@@H]1C#C[C@H]21. The molecule has 1 aromatic heterocycles. The van der Waals surface area contributed by atoms with Crippen LogP contribution in [0.1, 0.15) is 22.9 Å². The van der Waals surface area contributed by atoms with E-state index in [0.29, 0.717) is 4.68 Å². The Balaban J connectivity index is 2.29. The van der Waals surface area contributed by atoms with Gasteiger partial charge in [-0.25, -0.2) is 0 Å². The average molecular weight is 248 g/mol. The van der Waals surface area contributed by atoms with Crippen LogP contribution in [-0.2, 0) is 19.1 Å². The van der Waals surface area contributed by atoms with E-state index in [1.54, 1.807) is 0 Å². The summed E-state index contributed by atoms with van der Waals surface area (Å²) in [5, 5.41) is 3.16. The Morgan fingerprint density at radius 2 is 1.94 bits per heavy atom. The van der Waals surface area contributed by atoms with Gasteiger partial charge in [-0.3, -0.25) is 4.68 Å². The number of alkyl halides is 5. The van der Waals surface area contributed by atoms with Gasteiger partial charge in [0, 0.05) is 12.6 Å². The van der Waals surface area contributed by atoms with Crippen molar-refractivity contribution in [3.8, 4) is 11.8 Å². The van der Waals surface area contributed by atoms with E-state index in [-0.39, 0.29) is 0 Å². The molecule has 0 saturated heterocycles. The summed E-state index contributed by atoms with van der Waals surface area (Å²) in [5.41, 5.74) is -2.36. The highest BCUT2D eigenvalue weighted by molar-refractivity contribution is 5.53. The van der Waals surface area contributed by atoms with Crippen LogP contribution >= 0.6 is 0 Å². The Morgan fingerprint density at radius 1 is 1.29 bits per heavy atom. The van der Waals surface area contributed by atoms with E-state index < -0.39 is 40.9 Å². The molecular formula is C10H5F5N2. The first kappa shape index (κ1) is 10.6. The third-order valence-electron chi connectivity index (χ3n) is 3.10. The standard InChI is InChI=1S/C10H5F5N2/c1-17-8-6(7(16-17)10(13,14)15)4-2-3-5(4)9(8,11)12/h4-5H,1H3/t4-,5+/m0/s1. The molecule has 2 nitrogen and oxygen atoms in total. The van der Waals surface area contributed by atoms with E-state index in [2.05, 4.69) is 16.9 Å². The van der Waals surface area contributed by atoms with Crippen molar-refractivity contribution in [1.29, 1.82) is 0 Å². The van der Waals surface area contributed by atoms with Crippen LogP contribution in [0.25, 0.3) is 0 Å². The monoisotopic (exact) mass is 248 g/mol. The maximum absolute atomic E-state index is 13.8. The Labute approximate surface area is 92.4 Å². The Bertz CT molecular complexity index is 572. The van der Waals surface area contributed by atoms with Gasteiger partial charge in [-0.15, -0.1) is 0 Å². The number of hydrogen-bond donors (Lipinski definition) is 0. The lowest BCUT2D eigenvalue weighted by molar-refractivity contribution is -0.142. The molecule has 90 valence electrons. The summed E-state index contributed by atoms with van der Waals surface area (Å²) < 4.78 is 66.1. The number of fused-ring (bicyclic) bond motifs is 3. The number of nitrogens with zero attached hydrogens (tertiary/aromatic N) is 2. The Morgan fingerprint density at radius 3 is 2.41 bits per heavy atom. The smallest absolute Gasteiger partial charge is 0.266 e. The van der Waals surface area contributed by atoms with E-state index >= 15 is 0 Å². The summed E-state index contributed by atoms with van der Waals surface area (Å²) in [5.74, 6) is -1.13. The molecular weight excluding hydrogens is 243 g/mol. The summed E-state index contributed by atoms with van der Waals surface area (Å²) in [6.45, 7) is 0. The second-order valence-electron chi connectivity index (χ2n) is 4.10. The molecule has 0 spiro atoms. The quantitative estimate of drug-likeness (QED) is 0.508.